The van der Waals surface area contributed by atoms with E-state index in [4.69, 9.17) is 10.3 Å². The van der Waals surface area contributed by atoms with Crippen molar-refractivity contribution < 1.29 is 13.7 Å². The first-order valence-corrected chi connectivity index (χ1v) is 8.47. The van der Waals surface area contributed by atoms with Crippen molar-refractivity contribution in [1.29, 1.82) is 0 Å². The van der Waals surface area contributed by atoms with Gasteiger partial charge in [0.05, 0.1) is 0 Å². The Morgan fingerprint density at radius 2 is 2.16 bits per heavy atom. The van der Waals surface area contributed by atoms with Gasteiger partial charge in [-0.05, 0) is 43.0 Å². The number of nitrogens with two attached hydrogens (primary N) is 1. The maximum atomic E-state index is 13.3. The molecule has 2 rings (SSSR count). The molecular weight excluding hydrogens is 323 g/mol. The Labute approximate surface area is 147 Å². The fraction of sp³-hybridized carbons (Fsp3) is 0.500. The predicted molar refractivity (Wildman–Crippen MR) is 93.2 cm³/mol. The number of aryl methyl sites for hydroxylation is 2. The van der Waals surface area contributed by atoms with Crippen LogP contribution in [0.15, 0.2) is 22.7 Å². The van der Waals surface area contributed by atoms with Gasteiger partial charge in [0.1, 0.15) is 5.82 Å². The number of hydrogen-bond acceptors (Lipinski definition) is 5. The maximum absolute atomic E-state index is 13.3. The van der Waals surface area contributed by atoms with Gasteiger partial charge in [-0.2, -0.15) is 4.98 Å². The zero-order chi connectivity index (χ0) is 18.4. The highest BCUT2D eigenvalue weighted by Gasteiger charge is 2.15. The zero-order valence-electron chi connectivity index (χ0n) is 14.9. The number of hydrogen-bond donors (Lipinski definition) is 2. The molecule has 1 amide bonds. The van der Waals surface area contributed by atoms with Crippen LogP contribution in [0.25, 0.3) is 11.4 Å². The third-order valence-electron chi connectivity index (χ3n) is 3.86. The van der Waals surface area contributed by atoms with Crippen LogP contribution < -0.4 is 11.1 Å². The van der Waals surface area contributed by atoms with Crippen molar-refractivity contribution in [2.75, 3.05) is 6.54 Å². The van der Waals surface area contributed by atoms with Crippen molar-refractivity contribution in [2.45, 2.75) is 46.1 Å². The number of aromatic nitrogens is 2. The Hall–Kier alpha value is -2.28. The highest BCUT2D eigenvalue weighted by molar-refractivity contribution is 5.76. The standard InChI is InChI=1S/C18H25FN4O2/c1-11(2)8-14(10-20)21-16(24)6-7-17-22-18(23-25-17)13-4-5-15(19)12(3)9-13/h4-5,9,11,14H,6-8,10,20H2,1-3H3,(H,21,24). The molecule has 0 radical (unpaired) electrons. The van der Waals surface area contributed by atoms with Crippen molar-refractivity contribution >= 4 is 5.91 Å². The normalized spacial score (nSPS) is 12.4. The first-order chi connectivity index (χ1) is 11.9. The van der Waals surface area contributed by atoms with Crippen LogP contribution in [0, 0.1) is 18.7 Å². The minimum Gasteiger partial charge on any atom is -0.352 e. The van der Waals surface area contributed by atoms with Crippen LogP contribution in [0.1, 0.15) is 38.1 Å². The van der Waals surface area contributed by atoms with Gasteiger partial charge < -0.3 is 15.6 Å². The molecule has 1 heterocycles. The van der Waals surface area contributed by atoms with Crippen molar-refractivity contribution in [3.8, 4) is 11.4 Å². The van der Waals surface area contributed by atoms with Crippen molar-refractivity contribution in [1.82, 2.24) is 15.5 Å². The largest absolute Gasteiger partial charge is 0.352 e. The molecule has 7 heteroatoms. The second-order valence-electron chi connectivity index (χ2n) is 6.61. The summed E-state index contributed by atoms with van der Waals surface area (Å²) in [6.45, 7) is 6.27. The number of rotatable bonds is 8. The Kier molecular flexibility index (Phi) is 6.64. The molecule has 0 aliphatic carbocycles. The molecule has 1 atom stereocenters. The van der Waals surface area contributed by atoms with E-state index in [0.29, 0.717) is 41.7 Å². The van der Waals surface area contributed by atoms with E-state index in [-0.39, 0.29) is 24.2 Å². The lowest BCUT2D eigenvalue weighted by Gasteiger charge is -2.18. The van der Waals surface area contributed by atoms with Crippen molar-refractivity contribution in [3.63, 3.8) is 0 Å². The minimum atomic E-state index is -0.278. The van der Waals surface area contributed by atoms with Gasteiger partial charge in [-0.15, -0.1) is 0 Å². The molecule has 0 saturated carbocycles. The van der Waals surface area contributed by atoms with E-state index in [1.165, 1.54) is 6.07 Å². The lowest BCUT2D eigenvalue weighted by atomic mass is 10.0. The number of nitrogens with one attached hydrogen (secondary N) is 1. The fourth-order valence-corrected chi connectivity index (χ4v) is 2.56. The molecule has 0 spiro atoms. The van der Waals surface area contributed by atoms with Gasteiger partial charge in [0.25, 0.3) is 0 Å². The van der Waals surface area contributed by atoms with Gasteiger partial charge >= 0.3 is 0 Å². The summed E-state index contributed by atoms with van der Waals surface area (Å²) < 4.78 is 18.5. The number of carbonyl (C=O) groups is 1. The Bertz CT molecular complexity index is 715. The zero-order valence-corrected chi connectivity index (χ0v) is 14.9. The van der Waals surface area contributed by atoms with Gasteiger partial charge in [0.2, 0.25) is 17.6 Å². The fourth-order valence-electron chi connectivity index (χ4n) is 2.56. The van der Waals surface area contributed by atoms with Gasteiger partial charge in [0, 0.05) is 31.0 Å². The lowest BCUT2D eigenvalue weighted by Crippen LogP contribution is -2.41. The number of benzene rings is 1. The van der Waals surface area contributed by atoms with Crippen LogP contribution in [0.2, 0.25) is 0 Å². The second kappa shape index (κ2) is 8.71. The SMILES string of the molecule is Cc1cc(-c2noc(CCC(=O)NC(CN)CC(C)C)n2)ccc1F. The first-order valence-electron chi connectivity index (χ1n) is 8.47. The highest BCUT2D eigenvalue weighted by Crippen LogP contribution is 2.19. The minimum absolute atomic E-state index is 0.0204. The topological polar surface area (TPSA) is 94.0 Å². The quantitative estimate of drug-likeness (QED) is 0.765. The predicted octanol–water partition coefficient (Wildman–Crippen LogP) is 2.61. The third kappa shape index (κ3) is 5.63. The van der Waals surface area contributed by atoms with E-state index < -0.39 is 0 Å². The number of nitrogens with zero attached hydrogens (tertiary/aromatic N) is 2. The van der Waals surface area contributed by atoms with Crippen molar-refractivity contribution in [2.24, 2.45) is 11.7 Å². The molecule has 0 aliphatic heterocycles. The monoisotopic (exact) mass is 348 g/mol. The summed E-state index contributed by atoms with van der Waals surface area (Å²) in [5.41, 5.74) is 6.88. The smallest absolute Gasteiger partial charge is 0.227 e. The maximum Gasteiger partial charge on any atom is 0.227 e. The average Bonchev–Trinajstić information content (AvgIpc) is 3.03. The molecule has 3 N–H and O–H groups in total. The first kappa shape index (κ1) is 19.1. The van der Waals surface area contributed by atoms with Crippen LogP contribution in [0.4, 0.5) is 4.39 Å². The summed E-state index contributed by atoms with van der Waals surface area (Å²) >= 11 is 0. The van der Waals surface area contributed by atoms with Crippen LogP contribution in [-0.2, 0) is 11.2 Å². The van der Waals surface area contributed by atoms with Crippen LogP contribution >= 0.6 is 0 Å². The average molecular weight is 348 g/mol. The molecule has 0 bridgehead atoms. The Morgan fingerprint density at radius 3 is 2.80 bits per heavy atom. The number of halogens is 1. The van der Waals surface area contributed by atoms with Crippen LogP contribution in [0.3, 0.4) is 0 Å². The van der Waals surface area contributed by atoms with Gasteiger partial charge in [-0.1, -0.05) is 19.0 Å². The Balaban J connectivity index is 1.90. The summed E-state index contributed by atoms with van der Waals surface area (Å²) in [7, 11) is 0. The van der Waals surface area contributed by atoms with E-state index in [1.807, 2.05) is 0 Å². The van der Waals surface area contributed by atoms with Gasteiger partial charge in [-0.25, -0.2) is 4.39 Å². The van der Waals surface area contributed by atoms with Gasteiger partial charge in [-0.3, -0.25) is 4.79 Å². The molecule has 1 aromatic carbocycles. The molecule has 1 unspecified atom stereocenters. The molecule has 136 valence electrons. The summed E-state index contributed by atoms with van der Waals surface area (Å²) in [6, 6.07) is 4.61. The molecule has 25 heavy (non-hydrogen) atoms. The number of amides is 1. The van der Waals surface area contributed by atoms with E-state index >= 15 is 0 Å². The van der Waals surface area contributed by atoms with E-state index in [0.717, 1.165) is 6.42 Å². The van der Waals surface area contributed by atoms with E-state index in [2.05, 4.69) is 29.3 Å². The van der Waals surface area contributed by atoms with Crippen LogP contribution in [-0.4, -0.2) is 28.6 Å². The third-order valence-corrected chi connectivity index (χ3v) is 3.86. The molecule has 0 fully saturated rings. The molecule has 0 saturated heterocycles. The number of carbonyl (C=O) groups excluding carboxylic acids is 1. The summed E-state index contributed by atoms with van der Waals surface area (Å²) in [5, 5.41) is 6.82. The lowest BCUT2D eigenvalue weighted by molar-refractivity contribution is -0.121. The highest BCUT2D eigenvalue weighted by atomic mass is 19.1. The van der Waals surface area contributed by atoms with Gasteiger partial charge in [0.15, 0.2) is 0 Å². The second-order valence-corrected chi connectivity index (χ2v) is 6.61. The molecule has 2 aromatic rings. The van der Waals surface area contributed by atoms with E-state index in [9.17, 15) is 9.18 Å². The molecule has 6 nitrogen and oxygen atoms in total. The molecule has 1 aromatic heterocycles. The van der Waals surface area contributed by atoms with Crippen LogP contribution in [0.5, 0.6) is 0 Å². The van der Waals surface area contributed by atoms with E-state index in [1.54, 1.807) is 19.1 Å². The summed E-state index contributed by atoms with van der Waals surface area (Å²) in [6.07, 6.45) is 1.44. The van der Waals surface area contributed by atoms with Crippen molar-refractivity contribution in [3.05, 3.63) is 35.5 Å². The Morgan fingerprint density at radius 1 is 1.40 bits per heavy atom. The summed E-state index contributed by atoms with van der Waals surface area (Å²) in [5.74, 6) is 0.860. The summed E-state index contributed by atoms with van der Waals surface area (Å²) in [4.78, 5) is 16.3. The molecular formula is C18H25FN4O2. The molecule has 0 aliphatic rings.